The van der Waals surface area contributed by atoms with Crippen LogP contribution in [-0.2, 0) is 0 Å². The summed E-state index contributed by atoms with van der Waals surface area (Å²) in [6.45, 7) is 3.91. The molecule has 0 amide bonds. The molecule has 0 saturated heterocycles. The molecule has 0 aliphatic heterocycles. The van der Waals surface area contributed by atoms with Gasteiger partial charge in [0.25, 0.3) is 0 Å². The van der Waals surface area contributed by atoms with Crippen molar-refractivity contribution in [3.8, 4) is 11.5 Å². The number of anilines is 1. The van der Waals surface area contributed by atoms with Gasteiger partial charge in [0, 0.05) is 11.3 Å². The first-order valence-corrected chi connectivity index (χ1v) is 7.84. The van der Waals surface area contributed by atoms with Crippen molar-refractivity contribution in [1.82, 2.24) is 5.43 Å². The maximum Gasteiger partial charge on any atom is 0.191 e. The number of ether oxygens (including phenoxy) is 2. The van der Waals surface area contributed by atoms with Crippen LogP contribution in [0.1, 0.15) is 18.1 Å². The molecule has 0 aliphatic rings. The van der Waals surface area contributed by atoms with Crippen molar-refractivity contribution >= 4 is 28.7 Å². The summed E-state index contributed by atoms with van der Waals surface area (Å²) in [5, 5.41) is 7.82. The summed E-state index contributed by atoms with van der Waals surface area (Å²) in [7, 11) is 3.24. The topological polar surface area (TPSA) is 54.9 Å². The Kier molecular flexibility index (Phi) is 6.14. The third kappa shape index (κ3) is 4.70. The third-order valence-electron chi connectivity index (χ3n) is 3.43. The van der Waals surface area contributed by atoms with Gasteiger partial charge in [-0.1, -0.05) is 17.7 Å². The highest BCUT2D eigenvalue weighted by molar-refractivity contribution is 7.80. The van der Waals surface area contributed by atoms with E-state index in [-0.39, 0.29) is 0 Å². The molecule has 0 bridgehead atoms. The van der Waals surface area contributed by atoms with Crippen LogP contribution in [-0.4, -0.2) is 25.0 Å². The van der Waals surface area contributed by atoms with Gasteiger partial charge >= 0.3 is 0 Å². The van der Waals surface area contributed by atoms with Crippen molar-refractivity contribution in [3.05, 3.63) is 53.6 Å². The average molecular weight is 343 g/mol. The molecule has 0 spiro atoms. The summed E-state index contributed by atoms with van der Waals surface area (Å²) < 4.78 is 10.6. The highest BCUT2D eigenvalue weighted by Crippen LogP contribution is 2.24. The molecule has 0 aromatic heterocycles. The molecule has 5 nitrogen and oxygen atoms in total. The third-order valence-corrected chi connectivity index (χ3v) is 3.62. The lowest BCUT2D eigenvalue weighted by molar-refractivity contribution is 0.402. The fraction of sp³-hybridized carbons (Fsp3) is 0.222. The standard InChI is InChI=1S/C18H21N3O2S/c1-12-5-7-14(8-6-12)19-18(24)21-20-13(2)16-11-15(22-3)9-10-17(16)23-4/h5-11H,1-4H3,(H2,19,21,24)/b20-13-. The molecule has 2 rings (SSSR count). The van der Waals surface area contributed by atoms with Crippen LogP contribution in [0, 0.1) is 6.92 Å². The molecule has 0 atom stereocenters. The number of hydrogen-bond acceptors (Lipinski definition) is 4. The summed E-state index contributed by atoms with van der Waals surface area (Å²) in [6.07, 6.45) is 0. The second-order valence-corrected chi connectivity index (χ2v) is 5.60. The van der Waals surface area contributed by atoms with Gasteiger partial charge in [-0.15, -0.1) is 0 Å². The van der Waals surface area contributed by atoms with Crippen LogP contribution >= 0.6 is 12.2 Å². The first-order valence-electron chi connectivity index (χ1n) is 7.44. The largest absolute Gasteiger partial charge is 0.497 e. The van der Waals surface area contributed by atoms with E-state index in [1.807, 2.05) is 56.3 Å². The molecule has 0 radical (unpaired) electrons. The van der Waals surface area contributed by atoms with Crippen molar-refractivity contribution < 1.29 is 9.47 Å². The van der Waals surface area contributed by atoms with Crippen molar-refractivity contribution in [2.75, 3.05) is 19.5 Å². The number of hydrazone groups is 1. The zero-order valence-corrected chi connectivity index (χ0v) is 15.0. The lowest BCUT2D eigenvalue weighted by Crippen LogP contribution is -2.25. The molecule has 126 valence electrons. The van der Waals surface area contributed by atoms with Crippen LogP contribution in [0.15, 0.2) is 47.6 Å². The Hall–Kier alpha value is -2.60. The molecule has 0 fully saturated rings. The van der Waals surface area contributed by atoms with E-state index < -0.39 is 0 Å². The van der Waals surface area contributed by atoms with Crippen LogP contribution in [0.3, 0.4) is 0 Å². The summed E-state index contributed by atoms with van der Waals surface area (Å²) in [6, 6.07) is 13.5. The molecule has 2 N–H and O–H groups in total. The van der Waals surface area contributed by atoms with E-state index in [0.29, 0.717) is 5.11 Å². The van der Waals surface area contributed by atoms with Gasteiger partial charge in [-0.25, -0.2) is 0 Å². The summed E-state index contributed by atoms with van der Waals surface area (Å²) >= 11 is 5.26. The van der Waals surface area contributed by atoms with Gasteiger partial charge < -0.3 is 14.8 Å². The van der Waals surface area contributed by atoms with Crippen molar-refractivity contribution in [2.45, 2.75) is 13.8 Å². The zero-order chi connectivity index (χ0) is 17.5. The number of methoxy groups -OCH3 is 2. The second-order valence-electron chi connectivity index (χ2n) is 5.20. The zero-order valence-electron chi connectivity index (χ0n) is 14.2. The highest BCUT2D eigenvalue weighted by Gasteiger charge is 2.08. The monoisotopic (exact) mass is 343 g/mol. The van der Waals surface area contributed by atoms with Gasteiger partial charge in [0.15, 0.2) is 5.11 Å². The molecular weight excluding hydrogens is 322 g/mol. The smallest absolute Gasteiger partial charge is 0.191 e. The van der Waals surface area contributed by atoms with E-state index in [1.165, 1.54) is 5.56 Å². The van der Waals surface area contributed by atoms with Crippen LogP contribution in [0.4, 0.5) is 5.69 Å². The average Bonchev–Trinajstić information content (AvgIpc) is 2.61. The fourth-order valence-corrected chi connectivity index (χ4v) is 2.25. The quantitative estimate of drug-likeness (QED) is 0.492. The van der Waals surface area contributed by atoms with Gasteiger partial charge in [-0.05, 0) is 56.4 Å². The molecule has 0 saturated carbocycles. The van der Waals surface area contributed by atoms with Gasteiger partial charge in [-0.3, -0.25) is 5.43 Å². The molecule has 24 heavy (non-hydrogen) atoms. The number of nitrogens with zero attached hydrogens (tertiary/aromatic N) is 1. The molecule has 0 heterocycles. The second kappa shape index (κ2) is 8.31. The van der Waals surface area contributed by atoms with E-state index in [1.54, 1.807) is 14.2 Å². The predicted molar refractivity (Wildman–Crippen MR) is 102 cm³/mol. The fourth-order valence-electron chi connectivity index (χ4n) is 2.09. The molecular formula is C18H21N3O2S. The molecule has 0 aliphatic carbocycles. The SMILES string of the molecule is COc1ccc(OC)c(/C(C)=N\NC(=S)Nc2ccc(C)cc2)c1. The number of rotatable bonds is 5. The van der Waals surface area contributed by atoms with Gasteiger partial charge in [0.05, 0.1) is 19.9 Å². The molecule has 0 unspecified atom stereocenters. The normalized spacial score (nSPS) is 10.9. The van der Waals surface area contributed by atoms with E-state index in [4.69, 9.17) is 21.7 Å². The van der Waals surface area contributed by atoms with Crippen LogP contribution < -0.4 is 20.2 Å². The van der Waals surface area contributed by atoms with E-state index in [2.05, 4.69) is 15.8 Å². The van der Waals surface area contributed by atoms with Gasteiger partial charge in [0.2, 0.25) is 0 Å². The Bertz CT molecular complexity index is 742. The van der Waals surface area contributed by atoms with Crippen molar-refractivity contribution in [2.24, 2.45) is 5.10 Å². The maximum absolute atomic E-state index is 5.37. The highest BCUT2D eigenvalue weighted by atomic mass is 32.1. The number of thiocarbonyl (C=S) groups is 1. The Morgan fingerprint density at radius 3 is 2.38 bits per heavy atom. The Balaban J connectivity index is 2.08. The predicted octanol–water partition coefficient (Wildman–Crippen LogP) is 3.72. The summed E-state index contributed by atoms with van der Waals surface area (Å²) in [5.41, 5.74) is 6.52. The number of hydrogen-bond donors (Lipinski definition) is 2. The first kappa shape index (κ1) is 17.7. The Labute approximate surface area is 147 Å². The molecule has 2 aromatic carbocycles. The van der Waals surface area contributed by atoms with Crippen LogP contribution in [0.25, 0.3) is 0 Å². The minimum absolute atomic E-state index is 0.417. The van der Waals surface area contributed by atoms with E-state index in [0.717, 1.165) is 28.5 Å². The first-order chi connectivity index (χ1) is 11.5. The van der Waals surface area contributed by atoms with Crippen LogP contribution in [0.2, 0.25) is 0 Å². The minimum Gasteiger partial charge on any atom is -0.497 e. The lowest BCUT2D eigenvalue weighted by atomic mass is 10.1. The van der Waals surface area contributed by atoms with Gasteiger partial charge in [-0.2, -0.15) is 5.10 Å². The Morgan fingerprint density at radius 2 is 1.75 bits per heavy atom. The minimum atomic E-state index is 0.417. The number of aryl methyl sites for hydroxylation is 1. The number of nitrogens with one attached hydrogen (secondary N) is 2. The lowest BCUT2D eigenvalue weighted by Gasteiger charge is -2.11. The summed E-state index contributed by atoms with van der Waals surface area (Å²) in [4.78, 5) is 0. The van der Waals surface area contributed by atoms with E-state index >= 15 is 0 Å². The van der Waals surface area contributed by atoms with Gasteiger partial charge in [0.1, 0.15) is 11.5 Å². The summed E-state index contributed by atoms with van der Waals surface area (Å²) in [5.74, 6) is 1.46. The molecule has 6 heteroatoms. The Morgan fingerprint density at radius 1 is 1.04 bits per heavy atom. The molecule has 2 aromatic rings. The number of benzene rings is 2. The van der Waals surface area contributed by atoms with Crippen LogP contribution in [0.5, 0.6) is 11.5 Å². The van der Waals surface area contributed by atoms with E-state index in [9.17, 15) is 0 Å². The maximum atomic E-state index is 5.37. The van der Waals surface area contributed by atoms with Crippen molar-refractivity contribution in [1.29, 1.82) is 0 Å². The van der Waals surface area contributed by atoms with Crippen molar-refractivity contribution in [3.63, 3.8) is 0 Å².